The lowest BCUT2D eigenvalue weighted by Gasteiger charge is -2.36. The van der Waals surface area contributed by atoms with Crippen LogP contribution in [0.4, 0.5) is 0 Å². The van der Waals surface area contributed by atoms with Crippen LogP contribution in [-0.2, 0) is 14.8 Å². The molecule has 2 aromatic rings. The first-order valence-corrected chi connectivity index (χ1v) is 15.4. The summed E-state index contributed by atoms with van der Waals surface area (Å²) < 4.78 is 29.5. The van der Waals surface area contributed by atoms with Gasteiger partial charge in [0.25, 0.3) is 5.91 Å². The van der Waals surface area contributed by atoms with Gasteiger partial charge in [0, 0.05) is 13.1 Å². The fraction of sp³-hybridized carbons (Fsp3) is 0.586. The molecule has 3 atom stereocenters. The highest BCUT2D eigenvalue weighted by molar-refractivity contribution is 7.89. The summed E-state index contributed by atoms with van der Waals surface area (Å²) in [5.74, 6) is 1.05. The van der Waals surface area contributed by atoms with Crippen LogP contribution in [-0.4, -0.2) is 43.8 Å². The zero-order valence-electron chi connectivity index (χ0n) is 21.8. The molecular weight excluding hydrogens is 484 g/mol. The molecule has 1 amide bonds. The van der Waals surface area contributed by atoms with Gasteiger partial charge in [-0.25, -0.2) is 13.1 Å². The monoisotopic (exact) mass is 524 g/mol. The smallest absolute Gasteiger partial charge is 0.254 e. The number of sulfonamides is 1. The number of hydrogen-bond acceptors (Lipinski definition) is 4. The van der Waals surface area contributed by atoms with Crippen molar-refractivity contribution >= 4 is 32.7 Å². The number of guanidine groups is 1. The summed E-state index contributed by atoms with van der Waals surface area (Å²) in [6, 6.07) is 12.9. The van der Waals surface area contributed by atoms with Crippen LogP contribution in [0.15, 0.2) is 47.4 Å². The Balaban J connectivity index is 1.27. The topological polar surface area (TPSA) is 102 Å². The first-order valence-electron chi connectivity index (χ1n) is 13.9. The minimum Gasteiger partial charge on any atom is -0.342 e. The number of hydrogen-bond donors (Lipinski definition) is 3. The van der Waals surface area contributed by atoms with Gasteiger partial charge in [-0.05, 0) is 66.8 Å². The maximum atomic E-state index is 13.4. The largest absolute Gasteiger partial charge is 0.342 e. The van der Waals surface area contributed by atoms with Gasteiger partial charge in [0.1, 0.15) is 5.54 Å². The number of carbonyl (C=O) groups is 1. The van der Waals surface area contributed by atoms with Crippen LogP contribution in [0.2, 0.25) is 0 Å². The van der Waals surface area contributed by atoms with E-state index >= 15 is 0 Å². The molecule has 1 aliphatic heterocycles. The van der Waals surface area contributed by atoms with E-state index in [1.54, 1.807) is 19.2 Å². The van der Waals surface area contributed by atoms with Gasteiger partial charge in [-0.15, -0.1) is 0 Å². The van der Waals surface area contributed by atoms with Crippen molar-refractivity contribution in [1.82, 2.24) is 14.9 Å². The molecule has 5 rings (SSSR count). The molecule has 1 saturated heterocycles. The first kappa shape index (κ1) is 26.2. The third-order valence-corrected chi connectivity index (χ3v) is 10.4. The summed E-state index contributed by atoms with van der Waals surface area (Å²) >= 11 is 0. The molecule has 7 nitrogen and oxygen atoms in total. The second-order valence-electron chi connectivity index (χ2n) is 11.5. The Kier molecular flexibility index (Phi) is 7.59. The van der Waals surface area contributed by atoms with Crippen molar-refractivity contribution in [3.05, 3.63) is 42.5 Å². The predicted molar refractivity (Wildman–Crippen MR) is 147 cm³/mol. The van der Waals surface area contributed by atoms with Crippen LogP contribution in [0.1, 0.15) is 77.0 Å². The van der Waals surface area contributed by atoms with E-state index in [9.17, 15) is 13.2 Å². The van der Waals surface area contributed by atoms with Gasteiger partial charge in [-0.2, -0.15) is 0 Å². The molecule has 0 aromatic heterocycles. The molecular formula is C29H40N4O3S. The van der Waals surface area contributed by atoms with E-state index in [0.29, 0.717) is 23.7 Å². The summed E-state index contributed by atoms with van der Waals surface area (Å²) in [6.45, 7) is 0. The third-order valence-electron chi connectivity index (χ3n) is 8.88. The zero-order chi connectivity index (χ0) is 26.0. The van der Waals surface area contributed by atoms with E-state index in [1.807, 2.05) is 30.3 Å². The van der Waals surface area contributed by atoms with Crippen LogP contribution < -0.4 is 10.0 Å². The van der Waals surface area contributed by atoms with Gasteiger partial charge in [0.05, 0.1) is 4.90 Å². The lowest BCUT2D eigenvalue weighted by molar-refractivity contribution is -0.131. The maximum absolute atomic E-state index is 13.4. The van der Waals surface area contributed by atoms with Crippen LogP contribution in [0.3, 0.4) is 0 Å². The first-order chi connectivity index (χ1) is 17.8. The Hall–Kier alpha value is -2.45. The van der Waals surface area contributed by atoms with Crippen LogP contribution in [0.25, 0.3) is 10.8 Å². The minimum absolute atomic E-state index is 0.00724. The van der Waals surface area contributed by atoms with Crippen molar-refractivity contribution in [2.45, 2.75) is 93.5 Å². The Bertz CT molecular complexity index is 1260. The van der Waals surface area contributed by atoms with Gasteiger partial charge < -0.3 is 5.32 Å². The van der Waals surface area contributed by atoms with Crippen LogP contribution in [0, 0.1) is 17.2 Å². The second kappa shape index (κ2) is 10.7. The number of rotatable bonds is 8. The van der Waals surface area contributed by atoms with Gasteiger partial charge >= 0.3 is 0 Å². The Morgan fingerprint density at radius 3 is 2.46 bits per heavy atom. The number of likely N-dealkylation sites (N-methyl/N-ethyl adjacent to an activating group) is 1. The van der Waals surface area contributed by atoms with E-state index < -0.39 is 15.6 Å². The van der Waals surface area contributed by atoms with Crippen LogP contribution in [0.5, 0.6) is 0 Å². The zero-order valence-corrected chi connectivity index (χ0v) is 22.7. The number of nitrogens with one attached hydrogen (secondary N) is 3. The van der Waals surface area contributed by atoms with Crippen LogP contribution >= 0.6 is 0 Å². The van der Waals surface area contributed by atoms with Gasteiger partial charge in [0.2, 0.25) is 10.0 Å². The summed E-state index contributed by atoms with van der Waals surface area (Å²) in [7, 11) is -1.96. The number of fused-ring (bicyclic) bond motifs is 1. The number of nitrogens with zero attached hydrogens (tertiary/aromatic N) is 1. The molecule has 2 aliphatic carbocycles. The van der Waals surface area contributed by atoms with Crippen molar-refractivity contribution in [3.63, 3.8) is 0 Å². The maximum Gasteiger partial charge on any atom is 0.254 e. The molecule has 8 heteroatoms. The Morgan fingerprint density at radius 2 is 1.73 bits per heavy atom. The fourth-order valence-electron chi connectivity index (χ4n) is 6.82. The third kappa shape index (κ3) is 5.70. The standard InChI is InChI=1S/C29H40N4O3S/c1-33-27(34)29(31-28(33)30,17-16-21-8-3-2-4-9-21)20-22-10-7-13-25(18-22)32-37(35,36)26-15-14-23-11-5-6-12-24(23)19-26/h5-6,11-12,14-15,19,21-22,25,32H,2-4,7-10,13,16-18,20H2,1H3,(H2,30,31)/t22-,25?,29+/m0/s1. The molecule has 0 spiro atoms. The summed E-state index contributed by atoms with van der Waals surface area (Å²) in [5, 5.41) is 13.5. The molecule has 3 aliphatic rings. The van der Waals surface area contributed by atoms with E-state index in [4.69, 9.17) is 5.41 Å². The summed E-state index contributed by atoms with van der Waals surface area (Å²) in [6.07, 6.45) is 12.1. The number of carbonyl (C=O) groups excluding carboxylic acids is 1. The molecule has 0 bridgehead atoms. The van der Waals surface area contributed by atoms with Gasteiger partial charge in [-0.1, -0.05) is 75.3 Å². The highest BCUT2D eigenvalue weighted by atomic mass is 32.2. The van der Waals surface area contributed by atoms with Crippen molar-refractivity contribution in [2.24, 2.45) is 11.8 Å². The highest BCUT2D eigenvalue weighted by Gasteiger charge is 2.49. The highest BCUT2D eigenvalue weighted by Crippen LogP contribution is 2.38. The lowest BCUT2D eigenvalue weighted by atomic mass is 9.74. The molecule has 2 saturated carbocycles. The molecule has 200 valence electrons. The predicted octanol–water partition coefficient (Wildman–Crippen LogP) is 5.16. The summed E-state index contributed by atoms with van der Waals surface area (Å²) in [4.78, 5) is 15.1. The molecule has 1 heterocycles. The van der Waals surface area contributed by atoms with E-state index in [-0.39, 0.29) is 23.8 Å². The summed E-state index contributed by atoms with van der Waals surface area (Å²) in [5.41, 5.74) is -0.743. The molecule has 1 unspecified atom stereocenters. The normalized spacial score (nSPS) is 27.5. The average Bonchev–Trinajstić information content (AvgIpc) is 3.11. The number of amides is 1. The Labute approximate surface area is 220 Å². The molecule has 0 radical (unpaired) electrons. The average molecular weight is 525 g/mol. The molecule has 2 aromatic carbocycles. The minimum atomic E-state index is -3.65. The van der Waals surface area contributed by atoms with E-state index in [2.05, 4.69) is 10.0 Å². The van der Waals surface area contributed by atoms with Gasteiger partial charge in [0.15, 0.2) is 5.96 Å². The van der Waals surface area contributed by atoms with Crippen molar-refractivity contribution in [1.29, 1.82) is 5.41 Å². The van der Waals surface area contributed by atoms with Gasteiger partial charge in [-0.3, -0.25) is 15.1 Å². The fourth-order valence-corrected chi connectivity index (χ4v) is 8.14. The van der Waals surface area contributed by atoms with E-state index in [1.165, 1.54) is 37.0 Å². The molecule has 3 fully saturated rings. The molecule has 37 heavy (non-hydrogen) atoms. The number of benzene rings is 2. The lowest BCUT2D eigenvalue weighted by Crippen LogP contribution is -2.50. The Morgan fingerprint density at radius 1 is 1.00 bits per heavy atom. The quantitative estimate of drug-likeness (QED) is 0.444. The van der Waals surface area contributed by atoms with Crippen molar-refractivity contribution < 1.29 is 13.2 Å². The van der Waals surface area contributed by atoms with Crippen molar-refractivity contribution in [2.75, 3.05) is 7.05 Å². The van der Waals surface area contributed by atoms with Crippen molar-refractivity contribution in [3.8, 4) is 0 Å². The molecule has 3 N–H and O–H groups in total. The second-order valence-corrected chi connectivity index (χ2v) is 13.2. The SMILES string of the molecule is CN1C(=N)N[C@](CCC2CCCCC2)(C[C@H]2CCCC(NS(=O)(=O)c3ccc4ccccc4c3)C2)C1=O. The van der Waals surface area contributed by atoms with E-state index in [0.717, 1.165) is 42.9 Å².